The molecule has 196 valence electrons. The van der Waals surface area contributed by atoms with E-state index in [0.717, 1.165) is 38.9 Å². The van der Waals surface area contributed by atoms with Crippen LogP contribution in [0, 0.1) is 18.8 Å². The van der Waals surface area contributed by atoms with Gasteiger partial charge in [0.15, 0.2) is 11.5 Å². The average molecular weight is 528 g/mol. The third-order valence-electron chi connectivity index (χ3n) is 6.93. The minimum absolute atomic E-state index is 0.114. The SMILES string of the molecule is Cc1c(C#Cc2cnnc3cc([C@@H](C)NC(=O)c4c(N)nn5cccnc45)c(-c4ccccc4)cc23)cnn1C. The highest BCUT2D eigenvalue weighted by Crippen LogP contribution is 2.33. The lowest BCUT2D eigenvalue weighted by atomic mass is 9.92. The summed E-state index contributed by atoms with van der Waals surface area (Å²) in [5.41, 5.74) is 12.8. The number of anilines is 1. The van der Waals surface area contributed by atoms with E-state index in [2.05, 4.69) is 48.6 Å². The fourth-order valence-corrected chi connectivity index (χ4v) is 4.67. The number of carbonyl (C=O) groups excluding carboxylic acids is 1. The molecular weight excluding hydrogens is 502 g/mol. The molecule has 0 spiro atoms. The number of fused-ring (bicyclic) bond motifs is 2. The van der Waals surface area contributed by atoms with Crippen molar-refractivity contribution in [1.82, 2.24) is 39.9 Å². The Morgan fingerprint density at radius 3 is 2.65 bits per heavy atom. The van der Waals surface area contributed by atoms with Crippen molar-refractivity contribution in [2.75, 3.05) is 5.73 Å². The van der Waals surface area contributed by atoms with Crippen LogP contribution in [-0.2, 0) is 7.05 Å². The molecular formula is C30H25N9O. The van der Waals surface area contributed by atoms with Crippen molar-refractivity contribution in [3.05, 3.63) is 101 Å². The van der Waals surface area contributed by atoms with Crippen LogP contribution in [-0.4, -0.2) is 40.5 Å². The number of hydrogen-bond donors (Lipinski definition) is 2. The van der Waals surface area contributed by atoms with Crippen LogP contribution >= 0.6 is 0 Å². The Labute approximate surface area is 229 Å². The molecule has 0 aliphatic rings. The lowest BCUT2D eigenvalue weighted by molar-refractivity contribution is 0.0942. The predicted molar refractivity (Wildman–Crippen MR) is 152 cm³/mol. The molecule has 6 aromatic rings. The van der Waals surface area contributed by atoms with Crippen molar-refractivity contribution in [2.45, 2.75) is 19.9 Å². The third kappa shape index (κ3) is 4.39. The minimum Gasteiger partial charge on any atom is -0.381 e. The summed E-state index contributed by atoms with van der Waals surface area (Å²) in [6.07, 6.45) is 6.72. The van der Waals surface area contributed by atoms with Gasteiger partial charge in [-0.2, -0.15) is 15.3 Å². The average Bonchev–Trinajstić information content (AvgIpc) is 3.48. The Bertz CT molecular complexity index is 1960. The molecule has 0 unspecified atom stereocenters. The van der Waals surface area contributed by atoms with Gasteiger partial charge in [-0.1, -0.05) is 42.2 Å². The van der Waals surface area contributed by atoms with Gasteiger partial charge in [-0.15, -0.1) is 5.10 Å². The van der Waals surface area contributed by atoms with Gasteiger partial charge in [0.1, 0.15) is 5.56 Å². The van der Waals surface area contributed by atoms with Crippen LogP contribution in [0.1, 0.15) is 45.7 Å². The molecule has 6 rings (SSSR count). The Morgan fingerprint density at radius 1 is 1.07 bits per heavy atom. The largest absolute Gasteiger partial charge is 0.381 e. The molecule has 0 radical (unpaired) electrons. The number of nitrogen functional groups attached to an aromatic ring is 1. The number of rotatable bonds is 4. The summed E-state index contributed by atoms with van der Waals surface area (Å²) in [6, 6.07) is 15.3. The molecule has 0 aliphatic heterocycles. The summed E-state index contributed by atoms with van der Waals surface area (Å²) < 4.78 is 3.28. The van der Waals surface area contributed by atoms with Gasteiger partial charge < -0.3 is 11.1 Å². The van der Waals surface area contributed by atoms with Crippen LogP contribution < -0.4 is 11.1 Å². The number of nitrogens with one attached hydrogen (secondary N) is 1. The van der Waals surface area contributed by atoms with E-state index >= 15 is 0 Å². The molecule has 4 heterocycles. The first-order chi connectivity index (χ1) is 19.4. The number of aromatic nitrogens is 7. The molecule has 1 amide bonds. The first kappa shape index (κ1) is 24.8. The predicted octanol–water partition coefficient (Wildman–Crippen LogP) is 3.85. The van der Waals surface area contributed by atoms with Gasteiger partial charge in [0.25, 0.3) is 5.91 Å². The number of aryl methyl sites for hydroxylation is 1. The summed E-state index contributed by atoms with van der Waals surface area (Å²) in [6.45, 7) is 3.90. The zero-order valence-corrected chi connectivity index (χ0v) is 22.1. The number of benzene rings is 2. The summed E-state index contributed by atoms with van der Waals surface area (Å²) in [5, 5.41) is 21.0. The van der Waals surface area contributed by atoms with Crippen LogP contribution in [0.15, 0.2) is 73.3 Å². The quantitative estimate of drug-likeness (QED) is 0.333. The number of carbonyl (C=O) groups is 1. The van der Waals surface area contributed by atoms with Crippen LogP contribution in [0.5, 0.6) is 0 Å². The zero-order chi connectivity index (χ0) is 27.8. The van der Waals surface area contributed by atoms with Crippen LogP contribution in [0.3, 0.4) is 0 Å². The van der Waals surface area contributed by atoms with Crippen molar-refractivity contribution in [2.24, 2.45) is 7.05 Å². The highest BCUT2D eigenvalue weighted by molar-refractivity contribution is 6.04. The van der Waals surface area contributed by atoms with Gasteiger partial charge in [-0.05, 0) is 48.7 Å². The fraction of sp³-hybridized carbons (Fsp3) is 0.133. The first-order valence-corrected chi connectivity index (χ1v) is 12.7. The maximum Gasteiger partial charge on any atom is 0.259 e. The monoisotopic (exact) mass is 527 g/mol. The minimum atomic E-state index is -0.403. The Morgan fingerprint density at radius 2 is 1.88 bits per heavy atom. The summed E-state index contributed by atoms with van der Waals surface area (Å²) in [4.78, 5) is 17.7. The van der Waals surface area contributed by atoms with E-state index in [4.69, 9.17) is 5.73 Å². The van der Waals surface area contributed by atoms with E-state index in [1.807, 2.05) is 57.3 Å². The van der Waals surface area contributed by atoms with Gasteiger partial charge in [0.05, 0.1) is 40.8 Å². The molecule has 4 aromatic heterocycles. The summed E-state index contributed by atoms with van der Waals surface area (Å²) >= 11 is 0. The van der Waals surface area contributed by atoms with Crippen LogP contribution in [0.25, 0.3) is 27.7 Å². The van der Waals surface area contributed by atoms with Crippen LogP contribution in [0.4, 0.5) is 5.82 Å². The van der Waals surface area contributed by atoms with E-state index in [-0.39, 0.29) is 17.3 Å². The lowest BCUT2D eigenvalue weighted by Crippen LogP contribution is -2.27. The molecule has 0 saturated heterocycles. The van der Waals surface area contributed by atoms with Crippen LogP contribution in [0.2, 0.25) is 0 Å². The molecule has 0 saturated carbocycles. The van der Waals surface area contributed by atoms with E-state index < -0.39 is 6.04 Å². The fourth-order valence-electron chi connectivity index (χ4n) is 4.67. The van der Waals surface area contributed by atoms with Gasteiger partial charge in [0, 0.05) is 24.8 Å². The molecule has 0 bridgehead atoms. The number of hydrogen-bond acceptors (Lipinski definition) is 7. The Balaban J connectivity index is 1.43. The molecule has 40 heavy (non-hydrogen) atoms. The molecule has 3 N–H and O–H groups in total. The highest BCUT2D eigenvalue weighted by Gasteiger charge is 2.23. The van der Waals surface area contributed by atoms with E-state index in [0.29, 0.717) is 11.2 Å². The van der Waals surface area contributed by atoms with Crippen molar-refractivity contribution >= 4 is 28.3 Å². The van der Waals surface area contributed by atoms with Crippen molar-refractivity contribution in [3.63, 3.8) is 0 Å². The van der Waals surface area contributed by atoms with Crippen molar-refractivity contribution in [1.29, 1.82) is 0 Å². The van der Waals surface area contributed by atoms with E-state index in [9.17, 15) is 4.79 Å². The Hall–Kier alpha value is -5.56. The van der Waals surface area contributed by atoms with Crippen molar-refractivity contribution in [3.8, 4) is 23.0 Å². The molecule has 0 fully saturated rings. The normalized spacial score (nSPS) is 11.8. The summed E-state index contributed by atoms with van der Waals surface area (Å²) in [5.74, 6) is 6.22. The van der Waals surface area contributed by atoms with Crippen molar-refractivity contribution < 1.29 is 4.79 Å². The first-order valence-electron chi connectivity index (χ1n) is 12.7. The maximum atomic E-state index is 13.4. The second-order valence-corrected chi connectivity index (χ2v) is 9.44. The maximum absolute atomic E-state index is 13.4. The molecule has 2 aromatic carbocycles. The third-order valence-corrected chi connectivity index (χ3v) is 6.93. The number of amides is 1. The molecule has 1 atom stereocenters. The van der Waals surface area contributed by atoms with Gasteiger partial charge in [-0.25, -0.2) is 9.50 Å². The topological polar surface area (TPSA) is 129 Å². The van der Waals surface area contributed by atoms with E-state index in [1.54, 1.807) is 35.5 Å². The number of nitrogens with two attached hydrogens (primary N) is 1. The second-order valence-electron chi connectivity index (χ2n) is 9.44. The lowest BCUT2D eigenvalue weighted by Gasteiger charge is -2.19. The Kier molecular flexibility index (Phi) is 6.16. The highest BCUT2D eigenvalue weighted by atomic mass is 16.1. The van der Waals surface area contributed by atoms with E-state index in [1.165, 1.54) is 4.52 Å². The second kappa shape index (κ2) is 9.96. The van der Waals surface area contributed by atoms with Gasteiger partial charge >= 0.3 is 0 Å². The molecule has 10 heteroatoms. The standard InChI is InChI=1S/C30H25N9O/c1-18(35-30(40)27-28(31)37-39-13-7-12-32-29(27)39)23-15-26-25(14-24(23)20-8-5-4-6-9-20)22(16-33-36-26)11-10-21-17-34-38(3)19(21)2/h4-9,12-18H,1-3H3,(H2,31,37)(H,35,40)/t18-/m1/s1. The smallest absolute Gasteiger partial charge is 0.259 e. The summed E-state index contributed by atoms with van der Waals surface area (Å²) in [7, 11) is 1.89. The molecule has 0 aliphatic carbocycles. The van der Waals surface area contributed by atoms with Gasteiger partial charge in [-0.3, -0.25) is 9.48 Å². The molecule has 10 nitrogen and oxygen atoms in total. The zero-order valence-electron chi connectivity index (χ0n) is 22.1. The van der Waals surface area contributed by atoms with Gasteiger partial charge in [0.2, 0.25) is 0 Å². The number of nitrogens with zero attached hydrogens (tertiary/aromatic N) is 7.